The molecular formula is C42H37FN2O3. The third kappa shape index (κ3) is 6.83. The van der Waals surface area contributed by atoms with Crippen molar-refractivity contribution in [3.8, 4) is 11.1 Å². The first kappa shape index (κ1) is 32.2. The van der Waals surface area contributed by atoms with Gasteiger partial charge in [0.15, 0.2) is 5.78 Å². The maximum atomic E-state index is 13.8. The number of hydrogen-bond acceptors (Lipinski definition) is 4. The number of ether oxygens (including phenoxy) is 1. The molecule has 0 spiro atoms. The van der Waals surface area contributed by atoms with Gasteiger partial charge in [-0.05, 0) is 86.7 Å². The van der Waals surface area contributed by atoms with E-state index >= 15 is 0 Å². The van der Waals surface area contributed by atoms with Crippen LogP contribution in [0.5, 0.6) is 0 Å². The Morgan fingerprint density at radius 3 is 2.23 bits per heavy atom. The summed E-state index contributed by atoms with van der Waals surface area (Å²) in [4.78, 5) is 25.7. The summed E-state index contributed by atoms with van der Waals surface area (Å²) >= 11 is 0. The third-order valence-electron chi connectivity index (χ3n) is 8.97. The van der Waals surface area contributed by atoms with Crippen LogP contribution in [0.3, 0.4) is 0 Å². The maximum Gasteiger partial charge on any atom is 0.404 e. The standard InChI is InChI=1S/C36H30FNO3.C6H7N/c1-36(2)32-19-18-28-27-16-10-23(9-8-22-6-4-3-5-7-22)20-25(27)13-17-29(28)30(32)21-31(34(36)41-35(38)40)33(39)24-11-14-26(37)15-12-24;1-2-4-6-7-5-3-1/h3-12,14-21,31,34H,13H2,1-2H3,(H2,38,40);1-7H. The van der Waals surface area contributed by atoms with Crippen LogP contribution in [-0.4, -0.2) is 18.0 Å². The smallest absolute Gasteiger partial charge is 0.404 e. The van der Waals surface area contributed by atoms with E-state index in [-0.39, 0.29) is 5.78 Å². The van der Waals surface area contributed by atoms with Crippen molar-refractivity contribution in [2.75, 3.05) is 0 Å². The lowest BCUT2D eigenvalue weighted by Gasteiger charge is -2.41. The van der Waals surface area contributed by atoms with Gasteiger partial charge < -0.3 is 15.8 Å². The SMILES string of the molecule is C1=CC=CNC=C1.CC1(C)c2ccc3c(c2=CC(C(=O)c2ccc(F)cc2)C1OC(N)=O)=CCc1cc(C=Cc2ccccc2)ccc1-3. The molecule has 3 aliphatic rings. The molecule has 0 fully saturated rings. The lowest BCUT2D eigenvalue weighted by molar-refractivity contribution is 0.0342. The third-order valence-corrected chi connectivity index (χ3v) is 8.97. The van der Waals surface area contributed by atoms with E-state index < -0.39 is 29.3 Å². The Labute approximate surface area is 280 Å². The molecule has 4 aromatic carbocycles. The molecule has 2 unspecified atom stereocenters. The van der Waals surface area contributed by atoms with Gasteiger partial charge in [-0.15, -0.1) is 0 Å². The summed E-state index contributed by atoms with van der Waals surface area (Å²) in [6.45, 7) is 3.93. The monoisotopic (exact) mass is 636 g/mol. The van der Waals surface area contributed by atoms with E-state index in [0.717, 1.165) is 44.7 Å². The Bertz CT molecular complexity index is 2080. The van der Waals surface area contributed by atoms with E-state index in [1.54, 1.807) is 0 Å². The summed E-state index contributed by atoms with van der Waals surface area (Å²) in [5, 5.41) is 4.94. The summed E-state index contributed by atoms with van der Waals surface area (Å²) in [6, 6.07) is 26.3. The van der Waals surface area contributed by atoms with E-state index in [2.05, 4.69) is 66.0 Å². The molecule has 240 valence electrons. The predicted molar refractivity (Wildman–Crippen MR) is 191 cm³/mol. The van der Waals surface area contributed by atoms with Gasteiger partial charge in [0, 0.05) is 23.4 Å². The van der Waals surface area contributed by atoms with Crippen molar-refractivity contribution in [1.82, 2.24) is 5.32 Å². The quantitative estimate of drug-likeness (QED) is 0.179. The number of nitrogens with two attached hydrogens (primary N) is 1. The van der Waals surface area contributed by atoms with E-state index in [1.807, 2.05) is 74.8 Å². The highest BCUT2D eigenvalue weighted by molar-refractivity contribution is 6.02. The summed E-state index contributed by atoms with van der Waals surface area (Å²) in [6.07, 6.45) is 18.9. The number of primary amides is 1. The van der Waals surface area contributed by atoms with Crippen molar-refractivity contribution in [3.63, 3.8) is 0 Å². The molecule has 1 heterocycles. The van der Waals surface area contributed by atoms with E-state index in [0.29, 0.717) is 5.56 Å². The molecule has 0 saturated carbocycles. The number of ketones is 1. The zero-order valence-electron chi connectivity index (χ0n) is 26.9. The molecule has 2 aliphatic carbocycles. The molecule has 3 N–H and O–H groups in total. The molecule has 5 nitrogen and oxygen atoms in total. The molecule has 1 amide bonds. The summed E-state index contributed by atoms with van der Waals surface area (Å²) in [5.41, 5.74) is 11.8. The van der Waals surface area contributed by atoms with E-state index in [1.165, 1.54) is 29.8 Å². The van der Waals surface area contributed by atoms with Gasteiger partial charge >= 0.3 is 6.09 Å². The van der Waals surface area contributed by atoms with Crippen LogP contribution in [-0.2, 0) is 16.6 Å². The topological polar surface area (TPSA) is 81.4 Å². The minimum Gasteiger partial charge on any atom is -0.444 e. The van der Waals surface area contributed by atoms with Crippen molar-refractivity contribution >= 4 is 36.2 Å². The van der Waals surface area contributed by atoms with Gasteiger partial charge in [0.2, 0.25) is 0 Å². The largest absolute Gasteiger partial charge is 0.444 e. The molecule has 0 aromatic heterocycles. The van der Waals surface area contributed by atoms with Crippen molar-refractivity contribution in [2.45, 2.75) is 31.8 Å². The van der Waals surface area contributed by atoms with Crippen molar-refractivity contribution in [1.29, 1.82) is 0 Å². The Balaban J connectivity index is 0.000000510. The maximum absolute atomic E-state index is 13.8. The van der Waals surface area contributed by atoms with Crippen LogP contribution in [0.15, 0.2) is 122 Å². The second-order valence-electron chi connectivity index (χ2n) is 12.5. The molecule has 0 radical (unpaired) electrons. The van der Waals surface area contributed by atoms with Gasteiger partial charge in [-0.1, -0.05) is 111 Å². The van der Waals surface area contributed by atoms with Gasteiger partial charge in [0.25, 0.3) is 0 Å². The molecule has 0 bridgehead atoms. The first-order valence-electron chi connectivity index (χ1n) is 15.9. The van der Waals surface area contributed by atoms with E-state index in [4.69, 9.17) is 10.5 Å². The number of carbonyl (C=O) groups excluding carboxylic acids is 2. The van der Waals surface area contributed by atoms with Gasteiger partial charge in [-0.25, -0.2) is 9.18 Å². The molecule has 2 atom stereocenters. The molecule has 48 heavy (non-hydrogen) atoms. The Kier molecular flexibility index (Phi) is 9.35. The van der Waals surface area contributed by atoms with Crippen LogP contribution in [0.1, 0.15) is 46.5 Å². The first-order chi connectivity index (χ1) is 23.2. The normalized spacial score (nSPS) is 18.0. The predicted octanol–water partition coefficient (Wildman–Crippen LogP) is 7.21. The summed E-state index contributed by atoms with van der Waals surface area (Å²) in [7, 11) is 0. The molecule has 6 heteroatoms. The highest BCUT2D eigenvalue weighted by Crippen LogP contribution is 2.38. The molecule has 7 rings (SSSR count). The number of allylic oxidation sites excluding steroid dienone is 4. The van der Waals surface area contributed by atoms with Crippen LogP contribution in [0.2, 0.25) is 0 Å². The Morgan fingerprint density at radius 2 is 1.52 bits per heavy atom. The van der Waals surface area contributed by atoms with Gasteiger partial charge in [-0.3, -0.25) is 4.79 Å². The number of hydrogen-bond donors (Lipinski definition) is 2. The summed E-state index contributed by atoms with van der Waals surface area (Å²) in [5.74, 6) is -1.47. The fourth-order valence-electron chi connectivity index (χ4n) is 6.59. The minimum atomic E-state index is -0.938. The highest BCUT2D eigenvalue weighted by atomic mass is 19.1. The molecule has 1 aliphatic heterocycles. The second kappa shape index (κ2) is 13.9. The minimum absolute atomic E-state index is 0.251. The fraction of sp³-hybridized carbons (Fsp3) is 0.143. The second-order valence-corrected chi connectivity index (χ2v) is 12.5. The zero-order chi connectivity index (χ0) is 33.7. The number of carbonyl (C=O) groups is 2. The number of amides is 1. The number of rotatable bonds is 5. The number of fused-ring (bicyclic) bond motifs is 5. The number of nitrogens with one attached hydrogen (secondary N) is 1. The Morgan fingerprint density at radius 1 is 0.833 bits per heavy atom. The van der Waals surface area contributed by atoms with Gasteiger partial charge in [0.05, 0.1) is 5.92 Å². The average Bonchev–Trinajstić information content (AvgIpc) is 3.42. The molecule has 4 aromatic rings. The van der Waals surface area contributed by atoms with Gasteiger partial charge in [0.1, 0.15) is 11.9 Å². The van der Waals surface area contributed by atoms with Crippen LogP contribution in [0.4, 0.5) is 9.18 Å². The number of Topliss-reactive ketones (excluding diaryl/α,β-unsaturated/α-hetero) is 1. The molecular weight excluding hydrogens is 599 g/mol. The number of halogens is 1. The van der Waals surface area contributed by atoms with Crippen LogP contribution in [0, 0.1) is 11.7 Å². The molecule has 0 saturated heterocycles. The van der Waals surface area contributed by atoms with Crippen molar-refractivity contribution in [3.05, 3.63) is 166 Å². The van der Waals surface area contributed by atoms with Crippen molar-refractivity contribution < 1.29 is 18.7 Å². The van der Waals surface area contributed by atoms with Crippen LogP contribution < -0.4 is 21.5 Å². The Hall–Kier alpha value is -5.75. The summed E-state index contributed by atoms with van der Waals surface area (Å²) < 4.78 is 19.2. The number of benzene rings is 4. The first-order valence-corrected chi connectivity index (χ1v) is 15.9. The highest BCUT2D eigenvalue weighted by Gasteiger charge is 2.45. The van der Waals surface area contributed by atoms with E-state index in [9.17, 15) is 14.0 Å². The zero-order valence-corrected chi connectivity index (χ0v) is 26.9. The van der Waals surface area contributed by atoms with Crippen LogP contribution >= 0.6 is 0 Å². The average molecular weight is 637 g/mol. The lowest BCUT2D eigenvalue weighted by Crippen LogP contribution is -2.54. The fourth-order valence-corrected chi connectivity index (χ4v) is 6.59. The van der Waals surface area contributed by atoms with Crippen molar-refractivity contribution in [2.24, 2.45) is 11.7 Å². The van der Waals surface area contributed by atoms with Crippen LogP contribution in [0.25, 0.3) is 35.4 Å². The lowest BCUT2D eigenvalue weighted by atomic mass is 9.67. The van der Waals surface area contributed by atoms with Gasteiger partial charge in [-0.2, -0.15) is 0 Å².